The molecule has 1 saturated heterocycles. The SMILES string of the molecule is CC(C)(C)NCc1ccc2c(c1)CCC[C@@H]2n1cc(C[C@@H]2C(=O)NCCN2S(=O)(=O)c2ccccc2)nn1. The fraction of sp³-hybridized carbons (Fsp3) is 0.464. The Morgan fingerprint density at radius 1 is 1.13 bits per heavy atom. The standard InChI is InChI=1S/C28H36N6O3S/c1-28(2,3)30-18-20-12-13-24-21(16-20)8-7-11-25(24)33-19-22(31-32-33)17-26-27(35)29-14-15-34(26)38(36,37)23-9-5-4-6-10-23/h4-6,9-10,12-13,16,19,25-26,30H,7-8,11,14-15,17-18H2,1-3H3,(H,29,35)/t25-,26+/m0/s1. The van der Waals surface area contributed by atoms with Crippen molar-refractivity contribution in [3.05, 3.63) is 77.1 Å². The molecule has 0 unspecified atom stereocenters. The van der Waals surface area contributed by atoms with Gasteiger partial charge in [0.1, 0.15) is 6.04 Å². The van der Waals surface area contributed by atoms with E-state index in [1.807, 2.05) is 10.9 Å². The van der Waals surface area contributed by atoms with Crippen LogP contribution < -0.4 is 10.6 Å². The Labute approximate surface area is 224 Å². The number of hydrogen-bond donors (Lipinski definition) is 2. The summed E-state index contributed by atoms with van der Waals surface area (Å²) in [5.41, 5.74) is 4.50. The molecule has 1 amide bonds. The van der Waals surface area contributed by atoms with Crippen LogP contribution in [0.2, 0.25) is 0 Å². The van der Waals surface area contributed by atoms with E-state index in [1.165, 1.54) is 21.0 Å². The summed E-state index contributed by atoms with van der Waals surface area (Å²) in [6.07, 6.45) is 5.06. The summed E-state index contributed by atoms with van der Waals surface area (Å²) in [6, 6.07) is 14.1. The number of piperazine rings is 1. The number of fused-ring (bicyclic) bond motifs is 1. The number of benzene rings is 2. The van der Waals surface area contributed by atoms with Crippen LogP contribution in [0.3, 0.4) is 0 Å². The molecule has 10 heteroatoms. The first-order chi connectivity index (χ1) is 18.1. The minimum atomic E-state index is -3.82. The molecule has 5 rings (SSSR count). The van der Waals surface area contributed by atoms with E-state index in [2.05, 4.69) is 59.9 Å². The summed E-state index contributed by atoms with van der Waals surface area (Å²) in [7, 11) is -3.82. The van der Waals surface area contributed by atoms with E-state index in [0.717, 1.165) is 25.8 Å². The van der Waals surface area contributed by atoms with E-state index in [1.54, 1.807) is 30.3 Å². The molecule has 2 aliphatic rings. The molecule has 0 bridgehead atoms. The average molecular weight is 537 g/mol. The van der Waals surface area contributed by atoms with Crippen molar-refractivity contribution in [2.45, 2.75) is 75.5 Å². The van der Waals surface area contributed by atoms with Gasteiger partial charge in [-0.25, -0.2) is 13.1 Å². The lowest BCUT2D eigenvalue weighted by atomic mass is 9.86. The second-order valence-electron chi connectivity index (χ2n) is 11.2. The van der Waals surface area contributed by atoms with Crippen LogP contribution in [0.4, 0.5) is 0 Å². The van der Waals surface area contributed by atoms with Crippen molar-refractivity contribution in [1.29, 1.82) is 0 Å². The third-order valence-corrected chi connectivity index (χ3v) is 9.15. The van der Waals surface area contributed by atoms with Gasteiger partial charge in [-0.1, -0.05) is 41.6 Å². The summed E-state index contributed by atoms with van der Waals surface area (Å²) in [5, 5.41) is 15.1. The first-order valence-electron chi connectivity index (χ1n) is 13.2. The summed E-state index contributed by atoms with van der Waals surface area (Å²) < 4.78 is 29.9. The minimum absolute atomic E-state index is 0.0564. The van der Waals surface area contributed by atoms with E-state index in [0.29, 0.717) is 5.69 Å². The van der Waals surface area contributed by atoms with Crippen molar-refractivity contribution in [2.24, 2.45) is 0 Å². The second kappa shape index (κ2) is 10.6. The molecule has 38 heavy (non-hydrogen) atoms. The lowest BCUT2D eigenvalue weighted by Gasteiger charge is -2.33. The number of rotatable bonds is 7. The van der Waals surface area contributed by atoms with Crippen molar-refractivity contribution in [3.63, 3.8) is 0 Å². The smallest absolute Gasteiger partial charge is 0.243 e. The summed E-state index contributed by atoms with van der Waals surface area (Å²) in [5.74, 6) is -0.315. The van der Waals surface area contributed by atoms with Gasteiger partial charge >= 0.3 is 0 Å². The molecule has 1 aliphatic carbocycles. The predicted octanol–water partition coefficient (Wildman–Crippen LogP) is 2.82. The molecule has 0 saturated carbocycles. The molecule has 1 aromatic heterocycles. The van der Waals surface area contributed by atoms with Gasteiger partial charge in [-0.2, -0.15) is 4.31 Å². The number of carbonyl (C=O) groups is 1. The molecular formula is C28H36N6O3S. The highest BCUT2D eigenvalue weighted by Crippen LogP contribution is 2.33. The largest absolute Gasteiger partial charge is 0.353 e. The van der Waals surface area contributed by atoms with Crippen molar-refractivity contribution < 1.29 is 13.2 Å². The van der Waals surface area contributed by atoms with E-state index in [4.69, 9.17) is 0 Å². The number of nitrogens with zero attached hydrogens (tertiary/aromatic N) is 4. The lowest BCUT2D eigenvalue weighted by molar-refractivity contribution is -0.126. The normalized spacial score (nSPS) is 20.7. The molecule has 202 valence electrons. The fourth-order valence-corrected chi connectivity index (χ4v) is 6.86. The van der Waals surface area contributed by atoms with Crippen molar-refractivity contribution >= 4 is 15.9 Å². The van der Waals surface area contributed by atoms with Gasteiger partial charge < -0.3 is 10.6 Å². The van der Waals surface area contributed by atoms with Crippen LogP contribution in [-0.4, -0.2) is 58.3 Å². The molecular weight excluding hydrogens is 500 g/mol. The zero-order chi connectivity index (χ0) is 26.9. The highest BCUT2D eigenvalue weighted by Gasteiger charge is 2.39. The highest BCUT2D eigenvalue weighted by atomic mass is 32.2. The molecule has 0 radical (unpaired) electrons. The van der Waals surface area contributed by atoms with Crippen LogP contribution in [0, 0.1) is 0 Å². The van der Waals surface area contributed by atoms with Gasteiger partial charge in [0.05, 0.1) is 16.6 Å². The van der Waals surface area contributed by atoms with Gasteiger partial charge in [-0.3, -0.25) is 4.79 Å². The molecule has 1 aliphatic heterocycles. The monoisotopic (exact) mass is 536 g/mol. The van der Waals surface area contributed by atoms with Crippen molar-refractivity contribution in [1.82, 2.24) is 29.9 Å². The molecule has 3 aromatic rings. The minimum Gasteiger partial charge on any atom is -0.353 e. The van der Waals surface area contributed by atoms with Gasteiger partial charge in [0.15, 0.2) is 0 Å². The van der Waals surface area contributed by atoms with Crippen molar-refractivity contribution in [3.8, 4) is 0 Å². The zero-order valence-electron chi connectivity index (χ0n) is 22.2. The second-order valence-corrected chi connectivity index (χ2v) is 13.1. The topological polar surface area (TPSA) is 109 Å². The van der Waals surface area contributed by atoms with E-state index >= 15 is 0 Å². The fourth-order valence-electron chi connectivity index (χ4n) is 5.26. The number of carbonyl (C=O) groups excluding carboxylic acids is 1. The zero-order valence-corrected chi connectivity index (χ0v) is 23.0. The molecule has 2 atom stereocenters. The number of amides is 1. The Morgan fingerprint density at radius 2 is 1.92 bits per heavy atom. The Hall–Kier alpha value is -3.08. The van der Waals surface area contributed by atoms with Crippen LogP contribution in [0.15, 0.2) is 59.6 Å². The summed E-state index contributed by atoms with van der Waals surface area (Å²) in [6.45, 7) is 7.80. The average Bonchev–Trinajstić information content (AvgIpc) is 3.36. The number of aryl methyl sites for hydroxylation is 1. The van der Waals surface area contributed by atoms with Crippen molar-refractivity contribution in [2.75, 3.05) is 13.1 Å². The first kappa shape index (κ1) is 26.5. The molecule has 2 heterocycles. The van der Waals surface area contributed by atoms with Gasteiger partial charge in [0.2, 0.25) is 15.9 Å². The van der Waals surface area contributed by atoms with E-state index in [-0.39, 0.29) is 41.9 Å². The van der Waals surface area contributed by atoms with Crippen LogP contribution in [0.1, 0.15) is 62.0 Å². The number of hydrogen-bond acceptors (Lipinski definition) is 6. The third-order valence-electron chi connectivity index (χ3n) is 7.22. The Balaban J connectivity index is 1.35. The Bertz CT molecular complexity index is 1400. The highest BCUT2D eigenvalue weighted by molar-refractivity contribution is 7.89. The van der Waals surface area contributed by atoms with Crippen LogP contribution >= 0.6 is 0 Å². The first-order valence-corrected chi connectivity index (χ1v) is 14.7. The van der Waals surface area contributed by atoms with E-state index < -0.39 is 16.1 Å². The maximum absolute atomic E-state index is 13.4. The van der Waals surface area contributed by atoms with Gasteiger partial charge in [0.25, 0.3) is 0 Å². The Morgan fingerprint density at radius 3 is 2.68 bits per heavy atom. The van der Waals surface area contributed by atoms with Gasteiger partial charge in [-0.15, -0.1) is 5.10 Å². The maximum Gasteiger partial charge on any atom is 0.243 e. The van der Waals surface area contributed by atoms with Gasteiger partial charge in [0, 0.05) is 37.8 Å². The van der Waals surface area contributed by atoms with Gasteiger partial charge in [-0.05, 0) is 68.9 Å². The van der Waals surface area contributed by atoms with Crippen LogP contribution in [0.25, 0.3) is 0 Å². The Kier molecular flexibility index (Phi) is 7.39. The van der Waals surface area contributed by atoms with Crippen LogP contribution in [-0.2, 0) is 34.2 Å². The van der Waals surface area contributed by atoms with E-state index in [9.17, 15) is 13.2 Å². The number of sulfonamides is 1. The lowest BCUT2D eigenvalue weighted by Crippen LogP contribution is -2.57. The summed E-state index contributed by atoms with van der Waals surface area (Å²) >= 11 is 0. The number of nitrogens with one attached hydrogen (secondary N) is 2. The molecule has 0 spiro atoms. The maximum atomic E-state index is 13.4. The summed E-state index contributed by atoms with van der Waals surface area (Å²) in [4.78, 5) is 13.0. The van der Waals surface area contributed by atoms with Crippen LogP contribution in [0.5, 0.6) is 0 Å². The molecule has 2 aromatic carbocycles. The molecule has 9 nitrogen and oxygen atoms in total. The quantitative estimate of drug-likeness (QED) is 0.481. The third kappa shape index (κ3) is 5.67. The molecule has 1 fully saturated rings. The molecule has 2 N–H and O–H groups in total. The number of aromatic nitrogens is 3. The predicted molar refractivity (Wildman–Crippen MR) is 145 cm³/mol.